The molecule has 1 atom stereocenters. The lowest BCUT2D eigenvalue weighted by molar-refractivity contribution is 0.317. The average Bonchev–Trinajstić information content (AvgIpc) is 2.76. The summed E-state index contributed by atoms with van der Waals surface area (Å²) >= 11 is 0. The Balaban J connectivity index is 1.79. The van der Waals surface area contributed by atoms with Crippen LogP contribution in [0.3, 0.4) is 0 Å². The standard InChI is InChI=1S/C27H27NO/c1-3-16-29-21-12-9-20(10-13-21)26-23-17-18(2)8-14-24(23)28-25-15-11-19-6-4-5-7-22(19)27(25)26/h4-7,9-13,15,18H,3,8,14,16-17H2,1-2H3/t18-/m0/s1. The van der Waals surface area contributed by atoms with Crippen molar-refractivity contribution in [2.75, 3.05) is 6.61 Å². The minimum Gasteiger partial charge on any atom is -0.494 e. The van der Waals surface area contributed by atoms with Gasteiger partial charge in [-0.1, -0.05) is 56.3 Å². The van der Waals surface area contributed by atoms with Crippen molar-refractivity contribution in [3.63, 3.8) is 0 Å². The first kappa shape index (κ1) is 18.2. The molecule has 146 valence electrons. The van der Waals surface area contributed by atoms with E-state index in [1.807, 2.05) is 0 Å². The summed E-state index contributed by atoms with van der Waals surface area (Å²) in [5.41, 5.74) is 6.47. The fourth-order valence-electron chi connectivity index (χ4n) is 4.64. The van der Waals surface area contributed by atoms with E-state index in [1.165, 1.54) is 45.0 Å². The smallest absolute Gasteiger partial charge is 0.119 e. The van der Waals surface area contributed by atoms with Crippen LogP contribution < -0.4 is 4.74 Å². The third-order valence-corrected chi connectivity index (χ3v) is 6.10. The number of fused-ring (bicyclic) bond motifs is 4. The molecule has 1 aliphatic carbocycles. The van der Waals surface area contributed by atoms with Crippen LogP contribution >= 0.6 is 0 Å². The highest BCUT2D eigenvalue weighted by Crippen LogP contribution is 2.41. The second-order valence-corrected chi connectivity index (χ2v) is 8.31. The molecule has 2 heteroatoms. The van der Waals surface area contributed by atoms with Gasteiger partial charge in [0.2, 0.25) is 0 Å². The summed E-state index contributed by atoms with van der Waals surface area (Å²) in [5, 5.41) is 3.85. The molecule has 0 N–H and O–H groups in total. The van der Waals surface area contributed by atoms with E-state index in [0.717, 1.165) is 37.1 Å². The number of rotatable bonds is 4. The van der Waals surface area contributed by atoms with Crippen LogP contribution in [0.25, 0.3) is 32.8 Å². The molecule has 0 unspecified atom stereocenters. The molecule has 0 amide bonds. The molecule has 0 aliphatic heterocycles. The summed E-state index contributed by atoms with van der Waals surface area (Å²) in [4.78, 5) is 5.12. The molecule has 1 aliphatic rings. The Labute approximate surface area is 172 Å². The molecule has 0 bridgehead atoms. The van der Waals surface area contributed by atoms with Crippen LogP contribution in [0.15, 0.2) is 60.7 Å². The highest BCUT2D eigenvalue weighted by Gasteiger charge is 2.23. The Morgan fingerprint density at radius 3 is 2.66 bits per heavy atom. The highest BCUT2D eigenvalue weighted by molar-refractivity contribution is 6.14. The van der Waals surface area contributed by atoms with Crippen molar-refractivity contribution in [1.29, 1.82) is 0 Å². The van der Waals surface area contributed by atoms with Gasteiger partial charge >= 0.3 is 0 Å². The lowest BCUT2D eigenvalue weighted by atomic mass is 9.81. The van der Waals surface area contributed by atoms with Crippen LogP contribution in [0.1, 0.15) is 37.9 Å². The molecule has 0 radical (unpaired) electrons. The molecule has 5 rings (SSSR count). The second kappa shape index (κ2) is 7.51. The zero-order chi connectivity index (χ0) is 19.8. The molecule has 4 aromatic rings. The molecule has 0 fully saturated rings. The third kappa shape index (κ3) is 3.27. The Morgan fingerprint density at radius 1 is 1.00 bits per heavy atom. The maximum Gasteiger partial charge on any atom is 0.119 e. The molecule has 3 aromatic carbocycles. The largest absolute Gasteiger partial charge is 0.494 e. The molecule has 29 heavy (non-hydrogen) atoms. The van der Waals surface area contributed by atoms with Gasteiger partial charge in [-0.15, -0.1) is 0 Å². The summed E-state index contributed by atoms with van der Waals surface area (Å²) in [6.45, 7) is 5.26. The molecule has 0 saturated heterocycles. The minimum absolute atomic E-state index is 0.697. The second-order valence-electron chi connectivity index (χ2n) is 8.31. The summed E-state index contributed by atoms with van der Waals surface area (Å²) in [7, 11) is 0. The Hall–Kier alpha value is -2.87. The first-order chi connectivity index (χ1) is 14.2. The van der Waals surface area contributed by atoms with Crippen LogP contribution in [0, 0.1) is 5.92 Å². The van der Waals surface area contributed by atoms with Gasteiger partial charge in [-0.2, -0.15) is 0 Å². The van der Waals surface area contributed by atoms with Gasteiger partial charge in [-0.05, 0) is 77.3 Å². The summed E-state index contributed by atoms with van der Waals surface area (Å²) in [6, 6.07) is 21.7. The van der Waals surface area contributed by atoms with E-state index in [2.05, 4.69) is 74.5 Å². The molecule has 1 heterocycles. The van der Waals surface area contributed by atoms with Gasteiger partial charge in [0.25, 0.3) is 0 Å². The number of nitrogens with zero attached hydrogens (tertiary/aromatic N) is 1. The zero-order valence-corrected chi connectivity index (χ0v) is 17.2. The third-order valence-electron chi connectivity index (χ3n) is 6.10. The van der Waals surface area contributed by atoms with Crippen molar-refractivity contribution >= 4 is 21.7 Å². The number of benzene rings is 3. The quantitative estimate of drug-likeness (QED) is 0.356. The number of hydrogen-bond acceptors (Lipinski definition) is 2. The van der Waals surface area contributed by atoms with Crippen LogP contribution in [0.4, 0.5) is 0 Å². The zero-order valence-electron chi connectivity index (χ0n) is 17.2. The SMILES string of the molecule is CCCOc1ccc(-c2c3c(nc4ccc5ccccc5c24)CC[C@H](C)C3)cc1. The normalized spacial score (nSPS) is 16.1. The highest BCUT2D eigenvalue weighted by atomic mass is 16.5. The monoisotopic (exact) mass is 381 g/mol. The molecule has 0 saturated carbocycles. The van der Waals surface area contributed by atoms with E-state index in [9.17, 15) is 0 Å². The fourth-order valence-corrected chi connectivity index (χ4v) is 4.64. The molecular weight excluding hydrogens is 354 g/mol. The summed E-state index contributed by atoms with van der Waals surface area (Å²) in [5.74, 6) is 1.64. The van der Waals surface area contributed by atoms with Crippen molar-refractivity contribution in [2.24, 2.45) is 5.92 Å². The van der Waals surface area contributed by atoms with Crippen molar-refractivity contribution in [3.8, 4) is 16.9 Å². The maximum atomic E-state index is 5.82. The van der Waals surface area contributed by atoms with E-state index >= 15 is 0 Å². The summed E-state index contributed by atoms with van der Waals surface area (Å²) < 4.78 is 5.82. The predicted molar refractivity (Wildman–Crippen MR) is 122 cm³/mol. The predicted octanol–water partition coefficient (Wildman–Crippen LogP) is 6.97. The van der Waals surface area contributed by atoms with Crippen molar-refractivity contribution < 1.29 is 4.74 Å². The Kier molecular flexibility index (Phi) is 4.71. The minimum atomic E-state index is 0.697. The fraction of sp³-hybridized carbons (Fsp3) is 0.296. The number of aromatic nitrogens is 1. The van der Waals surface area contributed by atoms with Crippen LogP contribution in [-0.4, -0.2) is 11.6 Å². The number of hydrogen-bond donors (Lipinski definition) is 0. The molecule has 2 nitrogen and oxygen atoms in total. The number of pyridine rings is 1. The van der Waals surface area contributed by atoms with Gasteiger partial charge in [0.05, 0.1) is 12.1 Å². The first-order valence-electron chi connectivity index (χ1n) is 10.8. The Morgan fingerprint density at radius 2 is 1.83 bits per heavy atom. The van der Waals surface area contributed by atoms with Gasteiger partial charge in [-0.25, -0.2) is 0 Å². The van der Waals surface area contributed by atoms with E-state index < -0.39 is 0 Å². The maximum absolute atomic E-state index is 5.82. The average molecular weight is 382 g/mol. The van der Waals surface area contributed by atoms with Crippen molar-refractivity contribution in [1.82, 2.24) is 4.98 Å². The van der Waals surface area contributed by atoms with Crippen LogP contribution in [0.2, 0.25) is 0 Å². The lowest BCUT2D eigenvalue weighted by Gasteiger charge is -2.25. The Bertz CT molecular complexity index is 1180. The first-order valence-corrected chi connectivity index (χ1v) is 10.8. The number of ether oxygens (including phenoxy) is 1. The van der Waals surface area contributed by atoms with Gasteiger partial charge in [-0.3, -0.25) is 4.98 Å². The van der Waals surface area contributed by atoms with Crippen LogP contribution in [-0.2, 0) is 12.8 Å². The van der Waals surface area contributed by atoms with Gasteiger partial charge in [0, 0.05) is 11.1 Å². The summed E-state index contributed by atoms with van der Waals surface area (Å²) in [6.07, 6.45) is 4.42. The molecular formula is C27H27NO. The molecule has 1 aromatic heterocycles. The topological polar surface area (TPSA) is 22.1 Å². The molecule has 0 spiro atoms. The van der Waals surface area contributed by atoms with Crippen molar-refractivity contribution in [2.45, 2.75) is 39.5 Å². The van der Waals surface area contributed by atoms with E-state index in [-0.39, 0.29) is 0 Å². The lowest BCUT2D eigenvalue weighted by Crippen LogP contribution is -2.14. The van der Waals surface area contributed by atoms with Gasteiger partial charge in [0.1, 0.15) is 5.75 Å². The van der Waals surface area contributed by atoms with E-state index in [0.29, 0.717) is 5.92 Å². The number of aryl methyl sites for hydroxylation is 1. The van der Waals surface area contributed by atoms with E-state index in [4.69, 9.17) is 9.72 Å². The van der Waals surface area contributed by atoms with Gasteiger partial charge < -0.3 is 4.74 Å². The van der Waals surface area contributed by atoms with Crippen molar-refractivity contribution in [3.05, 3.63) is 71.9 Å². The van der Waals surface area contributed by atoms with Crippen LogP contribution in [0.5, 0.6) is 5.75 Å². The van der Waals surface area contributed by atoms with E-state index in [1.54, 1.807) is 0 Å². The van der Waals surface area contributed by atoms with Gasteiger partial charge in [0.15, 0.2) is 0 Å².